The summed E-state index contributed by atoms with van der Waals surface area (Å²) >= 11 is 0. The lowest BCUT2D eigenvalue weighted by atomic mass is 10.2. The third-order valence-electron chi connectivity index (χ3n) is 4.02. The zero-order valence-corrected chi connectivity index (χ0v) is 14.6. The molecule has 3 rings (SSSR count). The summed E-state index contributed by atoms with van der Waals surface area (Å²) in [7, 11) is 0. The van der Waals surface area contributed by atoms with Crippen LogP contribution in [0.1, 0.15) is 15.9 Å². The maximum Gasteiger partial charge on any atom is 0.269 e. The number of nitro benzene ring substituents is 1. The second-order valence-electron chi connectivity index (χ2n) is 5.96. The molecule has 0 radical (unpaired) electrons. The minimum Gasteiger partial charge on any atom is -0.319 e. The Balaban J connectivity index is 1.88. The number of halogens is 3. The van der Waals surface area contributed by atoms with Crippen LogP contribution in [0.3, 0.4) is 0 Å². The number of rotatable bonds is 5. The van der Waals surface area contributed by atoms with Gasteiger partial charge in [-0.05, 0) is 29.8 Å². The van der Waals surface area contributed by atoms with E-state index in [1.807, 2.05) is 5.32 Å². The SMILES string of the molecule is O=C(Nc1ccc(F)c(F)c1F)c1cccn(Cc2cccc([N+](=O)[O-])c2)c1=O. The van der Waals surface area contributed by atoms with Gasteiger partial charge in [-0.3, -0.25) is 19.7 Å². The Kier molecular flexibility index (Phi) is 5.44. The predicted molar refractivity (Wildman–Crippen MR) is 97.2 cm³/mol. The molecule has 148 valence electrons. The normalized spacial score (nSPS) is 10.6. The van der Waals surface area contributed by atoms with Crippen molar-refractivity contribution in [3.05, 3.63) is 104 Å². The number of non-ortho nitro benzene ring substituents is 1. The summed E-state index contributed by atoms with van der Waals surface area (Å²) in [4.78, 5) is 35.2. The number of aromatic nitrogens is 1. The number of pyridine rings is 1. The number of anilines is 1. The smallest absolute Gasteiger partial charge is 0.269 e. The highest BCUT2D eigenvalue weighted by Gasteiger charge is 2.18. The lowest BCUT2D eigenvalue weighted by molar-refractivity contribution is -0.384. The van der Waals surface area contributed by atoms with Crippen molar-refractivity contribution in [1.82, 2.24) is 4.57 Å². The molecule has 0 aliphatic heterocycles. The van der Waals surface area contributed by atoms with E-state index in [1.165, 1.54) is 36.5 Å². The maximum absolute atomic E-state index is 13.7. The molecule has 1 N–H and O–H groups in total. The molecule has 0 fully saturated rings. The molecule has 0 saturated carbocycles. The fourth-order valence-electron chi connectivity index (χ4n) is 2.61. The fourth-order valence-corrected chi connectivity index (χ4v) is 2.61. The third-order valence-corrected chi connectivity index (χ3v) is 4.02. The largest absolute Gasteiger partial charge is 0.319 e. The quantitative estimate of drug-likeness (QED) is 0.401. The number of nitro groups is 1. The zero-order valence-electron chi connectivity index (χ0n) is 14.6. The van der Waals surface area contributed by atoms with E-state index in [0.29, 0.717) is 11.6 Å². The minimum absolute atomic E-state index is 0.0544. The van der Waals surface area contributed by atoms with Crippen molar-refractivity contribution < 1.29 is 22.9 Å². The van der Waals surface area contributed by atoms with Crippen LogP contribution in [0.5, 0.6) is 0 Å². The van der Waals surface area contributed by atoms with Gasteiger partial charge in [-0.25, -0.2) is 13.2 Å². The second-order valence-corrected chi connectivity index (χ2v) is 5.96. The topological polar surface area (TPSA) is 94.2 Å². The Morgan fingerprint density at radius 3 is 2.55 bits per heavy atom. The average Bonchev–Trinajstić information content (AvgIpc) is 2.70. The van der Waals surface area contributed by atoms with Gasteiger partial charge >= 0.3 is 0 Å². The van der Waals surface area contributed by atoms with E-state index in [9.17, 15) is 32.9 Å². The Morgan fingerprint density at radius 2 is 1.83 bits per heavy atom. The van der Waals surface area contributed by atoms with Gasteiger partial charge in [0.05, 0.1) is 17.2 Å². The van der Waals surface area contributed by atoms with E-state index >= 15 is 0 Å². The lowest BCUT2D eigenvalue weighted by Crippen LogP contribution is -2.29. The molecule has 1 heterocycles. The van der Waals surface area contributed by atoms with Crippen LogP contribution in [-0.4, -0.2) is 15.4 Å². The number of hydrogen-bond donors (Lipinski definition) is 1. The highest BCUT2D eigenvalue weighted by atomic mass is 19.2. The van der Waals surface area contributed by atoms with Crippen LogP contribution in [0.4, 0.5) is 24.5 Å². The molecule has 7 nitrogen and oxygen atoms in total. The van der Waals surface area contributed by atoms with Crippen LogP contribution in [0.2, 0.25) is 0 Å². The van der Waals surface area contributed by atoms with Gasteiger partial charge in [0, 0.05) is 18.3 Å². The van der Waals surface area contributed by atoms with Gasteiger partial charge in [0.15, 0.2) is 17.5 Å². The summed E-state index contributed by atoms with van der Waals surface area (Å²) in [6, 6.07) is 9.65. The Morgan fingerprint density at radius 1 is 1.07 bits per heavy atom. The second kappa shape index (κ2) is 7.97. The molecular weight excluding hydrogens is 391 g/mol. The van der Waals surface area contributed by atoms with Crippen LogP contribution < -0.4 is 10.9 Å². The molecular formula is C19H12F3N3O4. The molecule has 3 aromatic rings. The molecule has 0 atom stereocenters. The van der Waals surface area contributed by atoms with Gasteiger partial charge in [0.1, 0.15) is 5.56 Å². The molecule has 0 spiro atoms. The zero-order chi connectivity index (χ0) is 21.1. The van der Waals surface area contributed by atoms with Gasteiger partial charge in [-0.15, -0.1) is 0 Å². The van der Waals surface area contributed by atoms with Gasteiger partial charge < -0.3 is 9.88 Å². The first-order valence-electron chi connectivity index (χ1n) is 8.15. The Labute approximate surface area is 161 Å². The van der Waals surface area contributed by atoms with Crippen molar-refractivity contribution in [2.75, 3.05) is 5.32 Å². The van der Waals surface area contributed by atoms with Gasteiger partial charge in [0.2, 0.25) is 0 Å². The number of nitrogens with one attached hydrogen (secondary N) is 1. The number of amides is 1. The standard InChI is InChI=1S/C19H12F3N3O4/c20-14-6-7-15(17(22)16(14)21)23-18(26)13-5-2-8-24(19(13)27)10-11-3-1-4-12(9-11)25(28)29/h1-9H,10H2,(H,23,26). The number of carbonyl (C=O) groups is 1. The molecule has 1 aromatic heterocycles. The van der Waals surface area contributed by atoms with E-state index < -0.39 is 39.5 Å². The Hall–Kier alpha value is -3.95. The van der Waals surface area contributed by atoms with E-state index in [0.717, 1.165) is 10.6 Å². The molecule has 29 heavy (non-hydrogen) atoms. The van der Waals surface area contributed by atoms with E-state index in [1.54, 1.807) is 6.07 Å². The van der Waals surface area contributed by atoms with Crippen LogP contribution in [0.25, 0.3) is 0 Å². The first kappa shape index (κ1) is 19.8. The highest BCUT2D eigenvalue weighted by molar-refractivity contribution is 6.04. The average molecular weight is 403 g/mol. The molecule has 2 aromatic carbocycles. The van der Waals surface area contributed by atoms with Crippen molar-refractivity contribution in [3.63, 3.8) is 0 Å². The first-order chi connectivity index (χ1) is 13.8. The molecule has 0 saturated heterocycles. The monoisotopic (exact) mass is 403 g/mol. The molecule has 0 aliphatic rings. The molecule has 0 bridgehead atoms. The van der Waals surface area contributed by atoms with E-state index in [4.69, 9.17) is 0 Å². The fraction of sp³-hybridized carbons (Fsp3) is 0.0526. The van der Waals surface area contributed by atoms with Crippen LogP contribution in [-0.2, 0) is 6.54 Å². The molecule has 0 aliphatic carbocycles. The van der Waals surface area contributed by atoms with Crippen molar-refractivity contribution in [1.29, 1.82) is 0 Å². The van der Waals surface area contributed by atoms with Crippen LogP contribution in [0.15, 0.2) is 59.5 Å². The summed E-state index contributed by atoms with van der Waals surface area (Å²) in [5.74, 6) is -5.78. The summed E-state index contributed by atoms with van der Waals surface area (Å²) in [6.07, 6.45) is 1.37. The van der Waals surface area contributed by atoms with Crippen LogP contribution >= 0.6 is 0 Å². The lowest BCUT2D eigenvalue weighted by Gasteiger charge is -2.10. The summed E-state index contributed by atoms with van der Waals surface area (Å²) in [5, 5.41) is 12.9. The highest BCUT2D eigenvalue weighted by Crippen LogP contribution is 2.20. The molecule has 1 amide bonds. The summed E-state index contributed by atoms with van der Waals surface area (Å²) < 4.78 is 41.2. The Bertz CT molecular complexity index is 1180. The number of carbonyl (C=O) groups excluding carboxylic acids is 1. The van der Waals surface area contributed by atoms with Gasteiger partial charge in [0.25, 0.3) is 17.2 Å². The van der Waals surface area contributed by atoms with Crippen molar-refractivity contribution in [3.8, 4) is 0 Å². The maximum atomic E-state index is 13.7. The van der Waals surface area contributed by atoms with Crippen LogP contribution in [0, 0.1) is 27.6 Å². The third kappa shape index (κ3) is 4.15. The summed E-state index contributed by atoms with van der Waals surface area (Å²) in [5.41, 5.74) is -1.45. The van der Waals surface area contributed by atoms with Crippen molar-refractivity contribution in [2.24, 2.45) is 0 Å². The van der Waals surface area contributed by atoms with Gasteiger partial charge in [-0.2, -0.15) is 0 Å². The molecule has 0 unspecified atom stereocenters. The first-order valence-corrected chi connectivity index (χ1v) is 8.15. The van der Waals surface area contributed by atoms with Crippen molar-refractivity contribution in [2.45, 2.75) is 6.54 Å². The minimum atomic E-state index is -1.75. The summed E-state index contributed by atoms with van der Waals surface area (Å²) in [6.45, 7) is -0.0544. The molecule has 10 heteroatoms. The number of benzene rings is 2. The van der Waals surface area contributed by atoms with Gasteiger partial charge in [-0.1, -0.05) is 12.1 Å². The van der Waals surface area contributed by atoms with E-state index in [-0.39, 0.29) is 17.8 Å². The number of nitrogens with zero attached hydrogens (tertiary/aromatic N) is 2. The predicted octanol–water partition coefficient (Wildman–Crippen LogP) is 3.47. The van der Waals surface area contributed by atoms with E-state index in [2.05, 4.69) is 0 Å². The van der Waals surface area contributed by atoms with Crippen molar-refractivity contribution >= 4 is 17.3 Å². The number of hydrogen-bond acceptors (Lipinski definition) is 4.